The molecule has 17 N–H and O–H groups in total. The smallest absolute Gasteiger partial charge is 0.446 e. The second kappa shape index (κ2) is 29.3. The van der Waals surface area contributed by atoms with Crippen LogP contribution in [0.4, 0.5) is 0 Å². The first-order chi connectivity index (χ1) is 42.0. The minimum absolute atomic E-state index is 0.119. The molecule has 8 amide bonds. The monoisotopic (exact) mass is 1270 g/mol. The number of aromatic nitrogens is 1. The summed E-state index contributed by atoms with van der Waals surface area (Å²) in [5.41, 5.74) is 6.53. The molecular formula is C56H71N9O23S. The molecule has 0 aliphatic carbocycles. The Labute approximate surface area is 507 Å². The molecule has 3 aromatic carbocycles. The Kier molecular flexibility index (Phi) is 22.4. The maximum Gasteiger partial charge on any atom is 0.446 e. The number of rotatable bonds is 18. The molecule has 15 unspecified atom stereocenters. The average Bonchev–Trinajstić information content (AvgIpc) is 1.74. The van der Waals surface area contributed by atoms with E-state index in [2.05, 4.69) is 37.5 Å². The third kappa shape index (κ3) is 16.9. The first kappa shape index (κ1) is 68.1. The van der Waals surface area contributed by atoms with Crippen molar-refractivity contribution in [1.82, 2.24) is 41.5 Å². The molecule has 3 aliphatic heterocycles. The number of ether oxygens (including phenoxy) is 1. The van der Waals surface area contributed by atoms with Gasteiger partial charge in [0.2, 0.25) is 41.4 Å². The molecule has 0 bridgehead atoms. The Hall–Kier alpha value is -8.38. The average molecular weight is 1270 g/mol. The van der Waals surface area contributed by atoms with Gasteiger partial charge in [-0.3, -0.25) is 42.9 Å². The van der Waals surface area contributed by atoms with Crippen LogP contribution in [-0.4, -0.2) is 226 Å². The molecule has 0 saturated carbocycles. The Balaban J connectivity index is 1.23. The second-order valence-electron chi connectivity index (χ2n) is 21.9. The predicted molar refractivity (Wildman–Crippen MR) is 304 cm³/mol. The van der Waals surface area contributed by atoms with Crippen LogP contribution in [0.25, 0.3) is 22.6 Å². The van der Waals surface area contributed by atoms with Crippen LogP contribution in [0.5, 0.6) is 17.2 Å². The number of aromatic hydroxyl groups is 1. The third-order valence-corrected chi connectivity index (χ3v) is 15.6. The lowest BCUT2D eigenvalue weighted by Gasteiger charge is -2.34. The van der Waals surface area contributed by atoms with Crippen LogP contribution in [0.2, 0.25) is 0 Å². The molecule has 3 saturated heterocycles. The number of hydrogen-bond acceptors (Lipinski definition) is 23. The van der Waals surface area contributed by atoms with Crippen LogP contribution in [0.1, 0.15) is 68.8 Å². The van der Waals surface area contributed by atoms with E-state index in [1.807, 2.05) is 5.32 Å². The third-order valence-electron chi connectivity index (χ3n) is 15.2. The first-order valence-electron chi connectivity index (χ1n) is 28.1. The van der Waals surface area contributed by atoms with E-state index in [4.69, 9.17) is 15.0 Å². The fraction of sp³-hybridized carbons (Fsp3) is 0.482. The molecule has 33 heteroatoms. The number of carbonyl (C=O) groups is 8. The molecule has 3 aliphatic rings. The zero-order valence-electron chi connectivity index (χ0n) is 48.1. The number of phenols is 1. The molecular weight excluding hydrogens is 1200 g/mol. The number of primary amides is 1. The number of aliphatic hydroxyl groups excluding tert-OH is 8. The number of fused-ring (bicyclic) bond motifs is 2. The van der Waals surface area contributed by atoms with Gasteiger partial charge in [-0.2, -0.15) is 8.42 Å². The zero-order valence-corrected chi connectivity index (χ0v) is 48.9. The summed E-state index contributed by atoms with van der Waals surface area (Å²) in [7, 11) is -5.28. The van der Waals surface area contributed by atoms with E-state index < -0.39 is 193 Å². The quantitative estimate of drug-likeness (QED) is 0.0330. The molecule has 7 rings (SSSR count). The van der Waals surface area contributed by atoms with Crippen molar-refractivity contribution in [2.24, 2.45) is 11.7 Å². The molecule has 1 aromatic heterocycles. The van der Waals surface area contributed by atoms with Crippen LogP contribution in [0.15, 0.2) is 77.3 Å². The number of unbranched alkanes of at least 4 members (excludes halogenated alkanes) is 2. The standard InChI is InChI=1S/C56H71N9O23S/c1-4-5-6-17-86-31-14-12-29(13-15-31)39-21-32(63-87-39)28-8-10-30(11-9-28)49(75)58-33-20-37(70)51(77)62-54(80)45-47(73)25(2)23-64(45)56(82)44(36(69)22-41(57)72)61-52(78)43(35(68)18-27-7-16-34(67)40(19-27)88-89(83,84)85)60-53(79)46-48(74)38(71)24-65(46)55(81)42(26(3)66)59-50(33)76/h7-16,19,21,25-26,33,35-38,42-48,51,66-71,73-74,77H,4-6,17-18,20,22-24H2,1-3H3,(H2,57,72)(H,58,75)(H,59,76)(H,60,79)(H,61,78)(H,62,80)(H,83,84,85). The van der Waals surface area contributed by atoms with Gasteiger partial charge in [0.05, 0.1) is 50.1 Å². The fourth-order valence-corrected chi connectivity index (χ4v) is 10.7. The summed E-state index contributed by atoms with van der Waals surface area (Å²) in [6.45, 7) is 3.51. The van der Waals surface area contributed by atoms with Gasteiger partial charge in [0.25, 0.3) is 5.91 Å². The fourth-order valence-electron chi connectivity index (χ4n) is 10.4. The summed E-state index contributed by atoms with van der Waals surface area (Å²) in [6, 6.07) is 3.68. The lowest BCUT2D eigenvalue weighted by atomic mass is 9.98. The SMILES string of the molecule is CCCCCOc1ccc(-c2cc(-c3ccc(C(=O)NC4CC(O)C(O)NC(=O)C5C(O)C(C)CN5C(=O)C(C(O)CC(N)=O)NC(=O)C(C(O)Cc5ccc(O)c(OS(=O)(=O)O)c5)NC(=O)C5C(O)C(O)CN5C(=O)C(C(C)O)NC4=O)cc3)no2)cc1. The van der Waals surface area contributed by atoms with Crippen LogP contribution in [-0.2, 0) is 50.4 Å². The number of benzene rings is 3. The van der Waals surface area contributed by atoms with E-state index in [1.165, 1.54) is 31.2 Å². The maximum atomic E-state index is 14.7. The number of hydrogen-bond donors (Lipinski definition) is 16. The lowest BCUT2D eigenvalue weighted by Crippen LogP contribution is -2.65. The van der Waals surface area contributed by atoms with Crippen LogP contribution in [0.3, 0.4) is 0 Å². The van der Waals surface area contributed by atoms with E-state index in [0.717, 1.165) is 44.4 Å². The highest BCUT2D eigenvalue weighted by molar-refractivity contribution is 7.81. The summed E-state index contributed by atoms with van der Waals surface area (Å²) in [6.07, 6.45) is -17.3. The van der Waals surface area contributed by atoms with Gasteiger partial charge in [0.1, 0.15) is 59.9 Å². The highest BCUT2D eigenvalue weighted by Gasteiger charge is 2.52. The van der Waals surface area contributed by atoms with Crippen molar-refractivity contribution in [1.29, 1.82) is 0 Å². The molecule has 0 spiro atoms. The van der Waals surface area contributed by atoms with Crippen molar-refractivity contribution in [3.63, 3.8) is 0 Å². The maximum absolute atomic E-state index is 14.7. The van der Waals surface area contributed by atoms with Gasteiger partial charge in [-0.1, -0.05) is 50.0 Å². The highest BCUT2D eigenvalue weighted by atomic mass is 32.3. The van der Waals surface area contributed by atoms with E-state index in [1.54, 1.807) is 30.3 Å². The molecule has 484 valence electrons. The van der Waals surface area contributed by atoms with E-state index in [9.17, 15) is 97.3 Å². The minimum atomic E-state index is -5.28. The van der Waals surface area contributed by atoms with Gasteiger partial charge < -0.3 is 102 Å². The number of amides is 8. The van der Waals surface area contributed by atoms with Crippen molar-refractivity contribution in [2.45, 2.75) is 145 Å². The molecule has 4 aromatic rings. The Morgan fingerprint density at radius 2 is 1.36 bits per heavy atom. The number of nitrogens with two attached hydrogens (primary N) is 1. The molecule has 4 heterocycles. The van der Waals surface area contributed by atoms with Crippen molar-refractivity contribution in [3.05, 3.63) is 83.9 Å². The van der Waals surface area contributed by atoms with Crippen molar-refractivity contribution < 1.29 is 111 Å². The van der Waals surface area contributed by atoms with Crippen molar-refractivity contribution in [2.75, 3.05) is 19.7 Å². The van der Waals surface area contributed by atoms with Gasteiger partial charge in [-0.25, -0.2) is 0 Å². The minimum Gasteiger partial charge on any atom is -0.504 e. The summed E-state index contributed by atoms with van der Waals surface area (Å²) in [4.78, 5) is 114. The van der Waals surface area contributed by atoms with E-state index >= 15 is 0 Å². The van der Waals surface area contributed by atoms with Gasteiger partial charge in [0.15, 0.2) is 23.5 Å². The Morgan fingerprint density at radius 3 is 2.00 bits per heavy atom. The van der Waals surface area contributed by atoms with Crippen LogP contribution >= 0.6 is 0 Å². The van der Waals surface area contributed by atoms with Crippen LogP contribution in [0, 0.1) is 5.92 Å². The largest absolute Gasteiger partial charge is 0.504 e. The number of phenolic OH excluding ortho intramolecular Hbond substituents is 1. The second-order valence-corrected chi connectivity index (χ2v) is 23.0. The molecule has 0 radical (unpaired) electrons. The predicted octanol–water partition coefficient (Wildman–Crippen LogP) is -4.42. The summed E-state index contributed by atoms with van der Waals surface area (Å²) < 4.78 is 48.1. The van der Waals surface area contributed by atoms with Crippen molar-refractivity contribution >= 4 is 57.7 Å². The Bertz CT molecular complexity index is 3340. The van der Waals surface area contributed by atoms with Gasteiger partial charge >= 0.3 is 10.4 Å². The van der Waals surface area contributed by atoms with Gasteiger partial charge in [-0.05, 0) is 67.4 Å². The molecule has 3 fully saturated rings. The number of aliphatic hydroxyl groups is 8. The summed E-state index contributed by atoms with van der Waals surface area (Å²) in [5.74, 6) is -12.8. The number of nitrogens with one attached hydrogen (secondary N) is 5. The molecule has 89 heavy (non-hydrogen) atoms. The van der Waals surface area contributed by atoms with E-state index in [-0.39, 0.29) is 11.1 Å². The summed E-state index contributed by atoms with van der Waals surface area (Å²) in [5, 5.41) is 116. The van der Waals surface area contributed by atoms with Crippen molar-refractivity contribution in [3.8, 4) is 39.8 Å². The van der Waals surface area contributed by atoms with Crippen LogP contribution < -0.4 is 41.2 Å². The zero-order chi connectivity index (χ0) is 65.3. The first-order valence-corrected chi connectivity index (χ1v) is 29.5. The highest BCUT2D eigenvalue weighted by Crippen LogP contribution is 2.32. The Morgan fingerprint density at radius 1 is 0.753 bits per heavy atom. The molecule has 32 nitrogen and oxygen atoms in total. The topological polar surface area (TPSA) is 510 Å². The number of carbonyl (C=O) groups excluding carboxylic acids is 8. The van der Waals surface area contributed by atoms with Gasteiger partial charge in [0, 0.05) is 48.1 Å². The lowest BCUT2D eigenvalue weighted by molar-refractivity contribution is -0.149. The molecule has 15 atom stereocenters. The normalized spacial score (nSPS) is 26.9. The van der Waals surface area contributed by atoms with E-state index in [0.29, 0.717) is 44.7 Å². The number of nitrogens with zero attached hydrogens (tertiary/aromatic N) is 3. The summed E-state index contributed by atoms with van der Waals surface area (Å²) >= 11 is 0. The van der Waals surface area contributed by atoms with Gasteiger partial charge in [-0.15, -0.1) is 0 Å².